The highest BCUT2D eigenvalue weighted by Gasteiger charge is 2.41. The van der Waals surface area contributed by atoms with E-state index < -0.39 is 15.4 Å². The van der Waals surface area contributed by atoms with Gasteiger partial charge in [0.1, 0.15) is 0 Å². The Labute approximate surface area is 151 Å². The van der Waals surface area contributed by atoms with Crippen molar-refractivity contribution in [3.05, 3.63) is 65.7 Å². The maximum absolute atomic E-state index is 13.2. The van der Waals surface area contributed by atoms with Gasteiger partial charge in [0.2, 0.25) is 0 Å². The van der Waals surface area contributed by atoms with E-state index in [1.807, 2.05) is 36.4 Å². The molecule has 1 heterocycles. The van der Waals surface area contributed by atoms with Gasteiger partial charge in [-0.15, -0.1) is 0 Å². The lowest BCUT2D eigenvalue weighted by atomic mass is 9.88. The summed E-state index contributed by atoms with van der Waals surface area (Å²) in [6, 6.07) is 17.5. The summed E-state index contributed by atoms with van der Waals surface area (Å²) < 4.78 is 26.3. The molecule has 0 fully saturated rings. The molecule has 0 aromatic heterocycles. The quantitative estimate of drug-likeness (QED) is 0.857. The number of unbranched alkanes of at least 4 members (excludes halogenated alkanes) is 1. The summed E-state index contributed by atoms with van der Waals surface area (Å²) in [6.07, 6.45) is 3.75. The van der Waals surface area contributed by atoms with Gasteiger partial charge in [0.25, 0.3) is 0 Å². The van der Waals surface area contributed by atoms with Gasteiger partial charge in [-0.25, -0.2) is 8.42 Å². The molecule has 0 bridgehead atoms. The Kier molecular flexibility index (Phi) is 5.30. The van der Waals surface area contributed by atoms with Crippen molar-refractivity contribution < 1.29 is 8.42 Å². The predicted octanol–water partition coefficient (Wildman–Crippen LogP) is 4.49. The Morgan fingerprint density at radius 2 is 1.72 bits per heavy atom. The first kappa shape index (κ1) is 18.2. The van der Waals surface area contributed by atoms with Crippen molar-refractivity contribution in [1.29, 1.82) is 0 Å². The van der Waals surface area contributed by atoms with Crippen molar-refractivity contribution in [3.63, 3.8) is 0 Å². The van der Waals surface area contributed by atoms with Crippen molar-refractivity contribution in [1.82, 2.24) is 5.32 Å². The standard InChI is InChI=1S/C21H27NO2S/c1-3-5-15-21(4-2)16-25(23,24)19-14-10-9-13-18(19)20(22-21)17-11-7-6-8-12-17/h6-14,20,22H,3-5,15-16H2,1-2H3/t20-,21?/m1/s1. The van der Waals surface area contributed by atoms with Gasteiger partial charge in [-0.05, 0) is 30.0 Å². The zero-order valence-electron chi connectivity index (χ0n) is 15.0. The third-order valence-corrected chi connectivity index (χ3v) is 7.28. The fourth-order valence-corrected chi connectivity index (χ4v) is 5.96. The summed E-state index contributed by atoms with van der Waals surface area (Å²) in [5.41, 5.74) is 1.58. The van der Waals surface area contributed by atoms with E-state index in [0.717, 1.165) is 36.8 Å². The summed E-state index contributed by atoms with van der Waals surface area (Å²) >= 11 is 0. The molecular weight excluding hydrogens is 330 g/mol. The Morgan fingerprint density at radius 3 is 2.40 bits per heavy atom. The second kappa shape index (κ2) is 7.30. The molecule has 0 amide bonds. The van der Waals surface area contributed by atoms with Gasteiger partial charge in [-0.1, -0.05) is 75.2 Å². The van der Waals surface area contributed by atoms with Gasteiger partial charge < -0.3 is 0 Å². The van der Waals surface area contributed by atoms with Crippen LogP contribution in [0.2, 0.25) is 0 Å². The van der Waals surface area contributed by atoms with E-state index in [1.165, 1.54) is 0 Å². The molecule has 1 aliphatic rings. The molecule has 0 radical (unpaired) electrons. The van der Waals surface area contributed by atoms with Crippen LogP contribution in [0.25, 0.3) is 0 Å². The Balaban J connectivity index is 2.17. The van der Waals surface area contributed by atoms with E-state index in [2.05, 4.69) is 31.3 Å². The Hall–Kier alpha value is -1.65. The molecule has 3 nitrogen and oxygen atoms in total. The van der Waals surface area contributed by atoms with Crippen molar-refractivity contribution >= 4 is 9.84 Å². The van der Waals surface area contributed by atoms with Gasteiger partial charge >= 0.3 is 0 Å². The predicted molar refractivity (Wildman–Crippen MR) is 102 cm³/mol. The summed E-state index contributed by atoms with van der Waals surface area (Å²) in [4.78, 5) is 0.475. The molecule has 0 aliphatic carbocycles. The minimum atomic E-state index is -3.33. The van der Waals surface area contributed by atoms with Gasteiger partial charge in [-0.2, -0.15) is 0 Å². The van der Waals surface area contributed by atoms with E-state index in [9.17, 15) is 8.42 Å². The fraction of sp³-hybridized carbons (Fsp3) is 0.429. The van der Waals surface area contributed by atoms with Crippen molar-refractivity contribution in [2.75, 3.05) is 5.75 Å². The topological polar surface area (TPSA) is 46.2 Å². The summed E-state index contributed by atoms with van der Waals surface area (Å²) in [6.45, 7) is 4.24. The molecule has 1 N–H and O–H groups in total. The first-order valence-electron chi connectivity index (χ1n) is 9.16. The van der Waals surface area contributed by atoms with E-state index in [-0.39, 0.29) is 11.8 Å². The number of rotatable bonds is 5. The second-order valence-electron chi connectivity index (χ2n) is 7.02. The van der Waals surface area contributed by atoms with Crippen LogP contribution in [0.3, 0.4) is 0 Å². The van der Waals surface area contributed by atoms with Crippen molar-refractivity contribution in [2.45, 2.75) is 56.0 Å². The van der Waals surface area contributed by atoms with Crippen LogP contribution in [0.1, 0.15) is 56.7 Å². The molecule has 2 aromatic rings. The van der Waals surface area contributed by atoms with Crippen LogP contribution < -0.4 is 5.32 Å². The van der Waals surface area contributed by atoms with Crippen LogP contribution in [0, 0.1) is 0 Å². The first-order chi connectivity index (χ1) is 12.0. The van der Waals surface area contributed by atoms with Crippen molar-refractivity contribution in [3.8, 4) is 0 Å². The Bertz CT molecular complexity index is 817. The third-order valence-electron chi connectivity index (χ3n) is 5.30. The van der Waals surface area contributed by atoms with E-state index in [4.69, 9.17) is 0 Å². The molecule has 0 saturated carbocycles. The molecule has 25 heavy (non-hydrogen) atoms. The average molecular weight is 358 g/mol. The molecule has 2 atom stereocenters. The molecule has 4 heteroatoms. The van der Waals surface area contributed by atoms with Crippen molar-refractivity contribution in [2.24, 2.45) is 0 Å². The van der Waals surface area contributed by atoms with Crippen LogP contribution in [-0.4, -0.2) is 19.7 Å². The highest BCUT2D eigenvalue weighted by molar-refractivity contribution is 7.91. The summed E-state index contributed by atoms with van der Waals surface area (Å²) in [7, 11) is -3.33. The Morgan fingerprint density at radius 1 is 1.04 bits per heavy atom. The SMILES string of the molecule is CCCCC1(CC)CS(=O)(=O)c2ccccc2[C@@H](c2ccccc2)N1. The maximum atomic E-state index is 13.2. The van der Waals surface area contributed by atoms with Gasteiger partial charge in [0.15, 0.2) is 9.84 Å². The molecular formula is C21H27NO2S. The minimum absolute atomic E-state index is 0.105. The normalized spacial score (nSPS) is 25.1. The smallest absolute Gasteiger partial charge is 0.180 e. The van der Waals surface area contributed by atoms with Gasteiger partial charge in [0.05, 0.1) is 16.7 Å². The first-order valence-corrected chi connectivity index (χ1v) is 10.8. The average Bonchev–Trinajstić information content (AvgIpc) is 2.74. The van der Waals surface area contributed by atoms with E-state index in [0.29, 0.717) is 4.90 Å². The minimum Gasteiger partial charge on any atom is -0.300 e. The van der Waals surface area contributed by atoms with Crippen LogP contribution in [0.4, 0.5) is 0 Å². The van der Waals surface area contributed by atoms with E-state index in [1.54, 1.807) is 6.07 Å². The monoisotopic (exact) mass is 357 g/mol. The third kappa shape index (κ3) is 3.65. The molecule has 3 rings (SSSR count). The molecule has 2 aromatic carbocycles. The number of nitrogens with one attached hydrogen (secondary N) is 1. The molecule has 134 valence electrons. The number of hydrogen-bond donors (Lipinski definition) is 1. The van der Waals surface area contributed by atoms with Crippen LogP contribution in [-0.2, 0) is 9.84 Å². The summed E-state index contributed by atoms with van der Waals surface area (Å²) in [5, 5.41) is 3.76. The zero-order valence-corrected chi connectivity index (χ0v) is 15.9. The highest BCUT2D eigenvalue weighted by Crippen LogP contribution is 2.37. The van der Waals surface area contributed by atoms with E-state index >= 15 is 0 Å². The number of sulfone groups is 1. The van der Waals surface area contributed by atoms with Gasteiger partial charge in [-0.3, -0.25) is 5.32 Å². The molecule has 1 unspecified atom stereocenters. The number of hydrogen-bond acceptors (Lipinski definition) is 3. The zero-order chi connectivity index (χ0) is 17.9. The second-order valence-corrected chi connectivity index (χ2v) is 8.98. The molecule has 0 spiro atoms. The lowest BCUT2D eigenvalue weighted by Crippen LogP contribution is -2.50. The lowest BCUT2D eigenvalue weighted by molar-refractivity contribution is 0.295. The highest BCUT2D eigenvalue weighted by atomic mass is 32.2. The van der Waals surface area contributed by atoms with Crippen LogP contribution in [0.5, 0.6) is 0 Å². The lowest BCUT2D eigenvalue weighted by Gasteiger charge is -2.35. The summed E-state index contributed by atoms with van der Waals surface area (Å²) in [5.74, 6) is 0.164. The fourth-order valence-electron chi connectivity index (χ4n) is 3.82. The number of fused-ring (bicyclic) bond motifs is 1. The number of benzene rings is 2. The molecule has 1 aliphatic heterocycles. The van der Waals surface area contributed by atoms with Crippen LogP contribution in [0.15, 0.2) is 59.5 Å². The van der Waals surface area contributed by atoms with Crippen LogP contribution >= 0.6 is 0 Å². The molecule has 0 saturated heterocycles. The maximum Gasteiger partial charge on any atom is 0.180 e. The largest absolute Gasteiger partial charge is 0.300 e. The van der Waals surface area contributed by atoms with Gasteiger partial charge in [0, 0.05) is 5.54 Å².